The van der Waals surface area contributed by atoms with Gasteiger partial charge in [-0.25, -0.2) is 17.9 Å². The third kappa shape index (κ3) is 6.97. The number of nitrogens with one attached hydrogen (secondary N) is 1. The van der Waals surface area contributed by atoms with Crippen molar-refractivity contribution in [3.05, 3.63) is 42.0 Å². The Morgan fingerprint density at radius 3 is 2.39 bits per heavy atom. The van der Waals surface area contributed by atoms with Crippen LogP contribution in [0.15, 0.2) is 41.3 Å². The monoisotopic (exact) mass is 339 g/mol. The first-order chi connectivity index (χ1) is 10.7. The molecule has 0 aromatic heterocycles. The van der Waals surface area contributed by atoms with E-state index >= 15 is 0 Å². The maximum atomic E-state index is 12.4. The van der Waals surface area contributed by atoms with Gasteiger partial charge in [-0.2, -0.15) is 0 Å². The minimum atomic E-state index is -3.64. The summed E-state index contributed by atoms with van der Waals surface area (Å²) >= 11 is 0. The number of rotatable bonds is 8. The molecule has 0 fully saturated rings. The zero-order valence-corrected chi connectivity index (χ0v) is 14.9. The number of carbonyl (C=O) groups excluding carboxylic acids is 1. The van der Waals surface area contributed by atoms with Crippen LogP contribution in [0.25, 0.3) is 0 Å². The molecule has 23 heavy (non-hydrogen) atoms. The summed E-state index contributed by atoms with van der Waals surface area (Å²) in [4.78, 5) is 11.6. The molecule has 5 nitrogen and oxygen atoms in total. The van der Waals surface area contributed by atoms with Gasteiger partial charge < -0.3 is 4.74 Å². The zero-order chi connectivity index (χ0) is 17.5. The van der Waals surface area contributed by atoms with Crippen LogP contribution in [0.5, 0.6) is 0 Å². The second kappa shape index (κ2) is 8.84. The lowest BCUT2D eigenvalue weighted by atomic mass is 10.0. The smallest absolute Gasteiger partial charge is 0.330 e. The maximum absolute atomic E-state index is 12.4. The van der Waals surface area contributed by atoms with Gasteiger partial charge in [0.2, 0.25) is 10.0 Å². The molecule has 0 bridgehead atoms. The van der Waals surface area contributed by atoms with Crippen LogP contribution in [0.3, 0.4) is 0 Å². The van der Waals surface area contributed by atoms with Gasteiger partial charge in [-0.1, -0.05) is 37.6 Å². The van der Waals surface area contributed by atoms with E-state index in [1.807, 2.05) is 20.8 Å². The van der Waals surface area contributed by atoms with Crippen molar-refractivity contribution in [3.8, 4) is 0 Å². The molecule has 128 valence electrons. The van der Waals surface area contributed by atoms with E-state index in [2.05, 4.69) is 4.72 Å². The average Bonchev–Trinajstić information content (AvgIpc) is 2.44. The second-order valence-corrected chi connectivity index (χ2v) is 7.50. The van der Waals surface area contributed by atoms with Gasteiger partial charge in [-0.15, -0.1) is 0 Å². The molecule has 0 unspecified atom stereocenters. The fraction of sp³-hybridized carbons (Fsp3) is 0.471. The molecule has 6 heteroatoms. The first-order valence-electron chi connectivity index (χ1n) is 7.68. The summed E-state index contributed by atoms with van der Waals surface area (Å²) in [6.07, 6.45) is 3.40. The van der Waals surface area contributed by atoms with E-state index < -0.39 is 22.0 Å². The number of ether oxygens (including phenoxy) is 1. The van der Waals surface area contributed by atoms with Crippen LogP contribution in [0.2, 0.25) is 0 Å². The van der Waals surface area contributed by atoms with Gasteiger partial charge in [0.05, 0.1) is 11.5 Å². The first kappa shape index (κ1) is 19.4. The van der Waals surface area contributed by atoms with Crippen LogP contribution in [0, 0.1) is 12.8 Å². The number of esters is 1. The summed E-state index contributed by atoms with van der Waals surface area (Å²) in [5, 5.41) is 0. The van der Waals surface area contributed by atoms with E-state index in [9.17, 15) is 13.2 Å². The molecule has 0 amide bonds. The number of hydrogen-bond acceptors (Lipinski definition) is 4. The summed E-state index contributed by atoms with van der Waals surface area (Å²) in [5.41, 5.74) is 0.991. The van der Waals surface area contributed by atoms with Crippen molar-refractivity contribution in [1.82, 2.24) is 4.72 Å². The van der Waals surface area contributed by atoms with Crippen LogP contribution < -0.4 is 4.72 Å². The highest BCUT2D eigenvalue weighted by Gasteiger charge is 2.19. The van der Waals surface area contributed by atoms with E-state index in [1.165, 1.54) is 6.08 Å². The third-order valence-corrected chi connectivity index (χ3v) is 4.62. The Morgan fingerprint density at radius 2 is 1.87 bits per heavy atom. The minimum absolute atomic E-state index is 0.210. The largest absolute Gasteiger partial charge is 0.463 e. The molecule has 0 aliphatic rings. The van der Waals surface area contributed by atoms with Gasteiger partial charge >= 0.3 is 5.97 Å². The van der Waals surface area contributed by atoms with Crippen molar-refractivity contribution in [3.63, 3.8) is 0 Å². The molecular weight excluding hydrogens is 314 g/mol. The number of aryl methyl sites for hydroxylation is 1. The highest BCUT2D eigenvalue weighted by molar-refractivity contribution is 7.89. The standard InChI is InChI=1S/C17H25NO4S/c1-5-22-17(19)11-8-15(12-13(2)3)18-23(20,21)16-9-6-14(4)7-10-16/h6-11,13,15,18H,5,12H2,1-4H3/b11-8-/t15-/m1/s1. The van der Waals surface area contributed by atoms with Gasteiger partial charge in [0.25, 0.3) is 0 Å². The van der Waals surface area contributed by atoms with Crippen LogP contribution in [0.4, 0.5) is 0 Å². The lowest BCUT2D eigenvalue weighted by molar-refractivity contribution is -0.137. The number of benzene rings is 1. The fourth-order valence-corrected chi connectivity index (χ4v) is 3.25. The predicted octanol–water partition coefficient (Wildman–Crippen LogP) is 2.81. The molecule has 0 saturated carbocycles. The van der Waals surface area contributed by atoms with Crippen molar-refractivity contribution in [2.45, 2.75) is 45.1 Å². The molecule has 1 N–H and O–H groups in total. The predicted molar refractivity (Wildman–Crippen MR) is 90.5 cm³/mol. The van der Waals surface area contributed by atoms with Gasteiger partial charge in [0.15, 0.2) is 0 Å². The van der Waals surface area contributed by atoms with E-state index in [-0.39, 0.29) is 17.4 Å². The lowest BCUT2D eigenvalue weighted by Gasteiger charge is -2.17. The van der Waals surface area contributed by atoms with Crippen LogP contribution in [-0.2, 0) is 19.6 Å². The fourth-order valence-electron chi connectivity index (χ4n) is 2.04. The van der Waals surface area contributed by atoms with E-state index in [1.54, 1.807) is 37.3 Å². The van der Waals surface area contributed by atoms with Gasteiger partial charge in [-0.3, -0.25) is 0 Å². The summed E-state index contributed by atoms with van der Waals surface area (Å²) in [6.45, 7) is 7.88. The van der Waals surface area contributed by atoms with Crippen molar-refractivity contribution in [2.75, 3.05) is 6.61 Å². The van der Waals surface area contributed by atoms with Crippen molar-refractivity contribution >= 4 is 16.0 Å². The number of sulfonamides is 1. The summed E-state index contributed by atoms with van der Waals surface area (Å²) in [6, 6.07) is 6.17. The van der Waals surface area contributed by atoms with Crippen molar-refractivity contribution < 1.29 is 17.9 Å². The molecule has 0 radical (unpaired) electrons. The molecule has 0 aliphatic heterocycles. The normalized spacial score (nSPS) is 13.4. The Bertz CT molecular complexity index is 633. The third-order valence-electron chi connectivity index (χ3n) is 3.11. The van der Waals surface area contributed by atoms with E-state index in [0.717, 1.165) is 5.56 Å². The summed E-state index contributed by atoms with van der Waals surface area (Å²) in [5.74, 6) is -0.205. The second-order valence-electron chi connectivity index (χ2n) is 5.78. The van der Waals surface area contributed by atoms with Crippen LogP contribution >= 0.6 is 0 Å². The van der Waals surface area contributed by atoms with Gasteiger partial charge in [0.1, 0.15) is 0 Å². The van der Waals surface area contributed by atoms with Crippen molar-refractivity contribution in [1.29, 1.82) is 0 Å². The SMILES string of the molecule is CCOC(=O)/C=C\[C@H](CC(C)C)NS(=O)(=O)c1ccc(C)cc1. The van der Waals surface area contributed by atoms with E-state index in [4.69, 9.17) is 4.74 Å². The molecule has 1 aromatic carbocycles. The first-order valence-corrected chi connectivity index (χ1v) is 9.17. The quantitative estimate of drug-likeness (QED) is 0.584. The Hall–Kier alpha value is -1.66. The average molecular weight is 339 g/mol. The molecule has 0 saturated heterocycles. The van der Waals surface area contributed by atoms with Gasteiger partial charge in [0, 0.05) is 12.1 Å². The minimum Gasteiger partial charge on any atom is -0.463 e. The molecule has 0 spiro atoms. The Balaban J connectivity index is 2.91. The number of carbonyl (C=O) groups is 1. The van der Waals surface area contributed by atoms with Crippen LogP contribution in [-0.4, -0.2) is 27.0 Å². The molecule has 1 atom stereocenters. The highest BCUT2D eigenvalue weighted by Crippen LogP contribution is 2.14. The summed E-state index contributed by atoms with van der Waals surface area (Å²) < 4.78 is 32.3. The molecule has 1 aromatic rings. The molecule has 1 rings (SSSR count). The maximum Gasteiger partial charge on any atom is 0.330 e. The molecule has 0 heterocycles. The summed E-state index contributed by atoms with van der Waals surface area (Å²) in [7, 11) is -3.64. The topological polar surface area (TPSA) is 72.5 Å². The Labute approximate surface area is 138 Å². The zero-order valence-electron chi connectivity index (χ0n) is 14.1. The van der Waals surface area contributed by atoms with E-state index in [0.29, 0.717) is 6.42 Å². The Kier molecular flexibility index (Phi) is 7.45. The number of hydrogen-bond donors (Lipinski definition) is 1. The van der Waals surface area contributed by atoms with Crippen molar-refractivity contribution in [2.24, 2.45) is 5.92 Å². The Morgan fingerprint density at radius 1 is 1.26 bits per heavy atom. The van der Waals surface area contributed by atoms with Crippen LogP contribution in [0.1, 0.15) is 32.8 Å². The lowest BCUT2D eigenvalue weighted by Crippen LogP contribution is -2.34. The van der Waals surface area contributed by atoms with Gasteiger partial charge in [-0.05, 0) is 38.3 Å². The highest BCUT2D eigenvalue weighted by atomic mass is 32.2. The molecular formula is C17H25NO4S. The molecule has 0 aliphatic carbocycles.